The molecule has 25 nitrogen and oxygen atoms in total. The van der Waals surface area contributed by atoms with Gasteiger partial charge in [-0.25, -0.2) is 4.79 Å². The molecule has 0 radical (unpaired) electrons. The van der Waals surface area contributed by atoms with Gasteiger partial charge in [-0.3, -0.25) is 52.7 Å². The normalized spacial score (nSPS) is 27.3. The molecule has 2 rings (SSSR count). The van der Waals surface area contributed by atoms with Crippen molar-refractivity contribution in [2.75, 3.05) is 102 Å². The maximum Gasteiger partial charge on any atom is 0.409 e. The largest absolute Gasteiger partial charge is 0.447 e. The van der Waals surface area contributed by atoms with E-state index in [4.69, 9.17) is 9.47 Å². The molecule has 0 aromatic heterocycles. The molecule has 560 valence electrons. The maximum absolute atomic E-state index is 15.3. The summed E-state index contributed by atoms with van der Waals surface area (Å²) in [6, 6.07) is -10.1. The van der Waals surface area contributed by atoms with Gasteiger partial charge < -0.3 is 64.0 Å². The number of likely N-dealkylation sites (N-methyl/N-ethyl adjacent to an activating group) is 8. The van der Waals surface area contributed by atoms with Crippen molar-refractivity contribution in [2.24, 2.45) is 59.2 Å². The number of carbonyl (C=O) groups excluding carboxylic acids is 12. The van der Waals surface area contributed by atoms with Crippen LogP contribution in [-0.4, -0.2) is 277 Å². The molecular weight excluding hydrogens is 1260 g/mol. The van der Waals surface area contributed by atoms with Gasteiger partial charge in [0, 0.05) is 118 Å². The summed E-state index contributed by atoms with van der Waals surface area (Å²) in [7, 11) is 12.0. The summed E-state index contributed by atoms with van der Waals surface area (Å²) in [5.41, 5.74) is 0. The second-order valence-corrected chi connectivity index (χ2v) is 30.2. The van der Waals surface area contributed by atoms with Crippen LogP contribution in [-0.2, 0) is 62.2 Å². The number of Topliss-reactive ketones (excluding diaryl/α,β-unsaturated/α-hetero) is 3. The average molecular weight is 1390 g/mol. The predicted molar refractivity (Wildman–Crippen MR) is 378 cm³/mol. The van der Waals surface area contributed by atoms with Gasteiger partial charge in [0.1, 0.15) is 48.6 Å². The average Bonchev–Trinajstić information content (AvgIpc) is 0.810. The van der Waals surface area contributed by atoms with E-state index in [0.29, 0.717) is 32.6 Å². The summed E-state index contributed by atoms with van der Waals surface area (Å²) in [5.74, 6) is -12.3. The van der Waals surface area contributed by atoms with Gasteiger partial charge in [0.05, 0.1) is 31.4 Å². The van der Waals surface area contributed by atoms with Crippen molar-refractivity contribution in [2.45, 2.75) is 224 Å². The third kappa shape index (κ3) is 24.5. The lowest BCUT2D eigenvalue weighted by Crippen LogP contribution is -2.63. The summed E-state index contributed by atoms with van der Waals surface area (Å²) in [4.78, 5) is 190. The predicted octanol–water partition coefficient (Wildman–Crippen LogP) is 5.92. The Balaban J connectivity index is 3.00. The molecule has 0 saturated carbocycles. The molecule has 25 heteroatoms. The summed E-state index contributed by atoms with van der Waals surface area (Å²) in [5, 5.41) is 15.0. The third-order valence-corrected chi connectivity index (χ3v) is 19.9. The number of aliphatic hydroxyl groups excluding tert-OH is 1. The van der Waals surface area contributed by atoms with E-state index >= 15 is 33.6 Å². The van der Waals surface area contributed by atoms with E-state index in [1.807, 2.05) is 48.6 Å². The van der Waals surface area contributed by atoms with E-state index in [1.165, 1.54) is 80.8 Å². The fourth-order valence-corrected chi connectivity index (χ4v) is 13.2. The van der Waals surface area contributed by atoms with Crippen LogP contribution in [0, 0.1) is 59.2 Å². The van der Waals surface area contributed by atoms with E-state index < -0.39 is 161 Å². The number of piperazine rings is 1. The van der Waals surface area contributed by atoms with Gasteiger partial charge >= 0.3 is 6.09 Å². The van der Waals surface area contributed by atoms with Crippen molar-refractivity contribution in [3.63, 3.8) is 0 Å². The van der Waals surface area contributed by atoms with Crippen LogP contribution >= 0.6 is 0 Å². The van der Waals surface area contributed by atoms with Crippen molar-refractivity contribution < 1.29 is 72.1 Å². The van der Waals surface area contributed by atoms with Crippen LogP contribution in [0.15, 0.2) is 12.2 Å². The van der Waals surface area contributed by atoms with E-state index in [-0.39, 0.29) is 88.3 Å². The third-order valence-electron chi connectivity index (χ3n) is 19.9. The molecular formula is C73H128N10O15. The van der Waals surface area contributed by atoms with Gasteiger partial charge in [0.25, 0.3) is 0 Å². The number of ketones is 3. The number of hydrogen-bond donors (Lipinski definition) is 2. The Kier molecular flexibility index (Phi) is 36.5. The lowest BCUT2D eigenvalue weighted by molar-refractivity contribution is -0.157. The number of hydrogen-bond acceptors (Lipinski definition) is 16. The molecule has 2 heterocycles. The first-order valence-corrected chi connectivity index (χ1v) is 35.7. The molecule has 0 aliphatic carbocycles. The monoisotopic (exact) mass is 1380 g/mol. The fourth-order valence-electron chi connectivity index (χ4n) is 13.2. The fraction of sp³-hybridized carbons (Fsp3) is 0.808. The molecule has 0 aromatic rings. The second kappa shape index (κ2) is 40.8. The van der Waals surface area contributed by atoms with Gasteiger partial charge in [-0.1, -0.05) is 116 Å². The molecule has 0 aromatic carbocycles. The summed E-state index contributed by atoms with van der Waals surface area (Å²) in [6.45, 7) is 32.0. The highest BCUT2D eigenvalue weighted by Gasteiger charge is 2.47. The van der Waals surface area contributed by atoms with Gasteiger partial charge in [-0.2, -0.15) is 0 Å². The van der Waals surface area contributed by atoms with Gasteiger partial charge in [0.2, 0.25) is 47.3 Å². The molecule has 0 bridgehead atoms. The number of nitrogens with zero attached hydrogens (tertiary/aromatic N) is 9. The number of allylic oxidation sites excluding steroid dienone is 2. The summed E-state index contributed by atoms with van der Waals surface area (Å²) >= 11 is 0. The van der Waals surface area contributed by atoms with Gasteiger partial charge in [-0.05, 0) is 88.5 Å². The highest BCUT2D eigenvalue weighted by molar-refractivity contribution is 6.00. The number of carbonyl (C=O) groups is 12. The van der Waals surface area contributed by atoms with Crippen molar-refractivity contribution in [3.05, 3.63) is 12.2 Å². The summed E-state index contributed by atoms with van der Waals surface area (Å²) in [6.07, 6.45) is 1.46. The lowest BCUT2D eigenvalue weighted by atomic mass is 9.83. The number of amides is 9. The Labute approximate surface area is 587 Å². The molecule has 2 saturated heterocycles. The topological polar surface area (TPSA) is 285 Å². The molecule has 1 unspecified atom stereocenters. The minimum Gasteiger partial charge on any atom is -0.447 e. The molecule has 14 atom stereocenters. The second-order valence-electron chi connectivity index (χ2n) is 30.2. The smallest absolute Gasteiger partial charge is 0.409 e. The van der Waals surface area contributed by atoms with E-state index in [9.17, 15) is 29.1 Å². The molecule has 2 aliphatic heterocycles. The first kappa shape index (κ1) is 87.7. The Morgan fingerprint density at radius 2 is 1.00 bits per heavy atom. The Morgan fingerprint density at radius 3 is 1.50 bits per heavy atom. The van der Waals surface area contributed by atoms with Crippen LogP contribution in [0.25, 0.3) is 0 Å². The van der Waals surface area contributed by atoms with Crippen LogP contribution in [0.1, 0.15) is 169 Å². The molecule has 98 heavy (non-hydrogen) atoms. The van der Waals surface area contributed by atoms with Crippen LogP contribution in [0.3, 0.4) is 0 Å². The highest BCUT2D eigenvalue weighted by atomic mass is 16.6. The quantitative estimate of drug-likeness (QED) is 0.112. The molecule has 2 aliphatic rings. The van der Waals surface area contributed by atoms with Gasteiger partial charge in [-0.15, -0.1) is 0 Å². The minimum atomic E-state index is -1.65. The zero-order chi connectivity index (χ0) is 75.2. The van der Waals surface area contributed by atoms with E-state index in [1.54, 1.807) is 86.3 Å². The Hall–Kier alpha value is -6.34. The maximum atomic E-state index is 15.3. The van der Waals surface area contributed by atoms with Crippen LogP contribution < -0.4 is 5.32 Å². The first-order chi connectivity index (χ1) is 45.5. The SMILES string of the molecule is C/C=C/C[C@@H](C)[C@@H](O)[C@H]1C(=O)N[C@@H](CC)C(=O)N(C)[C@H](C)C(=O)N(C)C([C@H](C)COCCOC(=O)N2CCN(C)CC2)C(=O)C[C@@H](C(C)C)C(=O)N(C)[C@@H](CC(C)C)C(=O)C[C@@H](C)C(=O)C[C@H](C)C(=O)N(C)[C@@H](CC(C)C)C(=O)N(C)[C@@H](CC(C)C)C(=O)N(C)[C@@H](C(C)C)C(=O)N1C. The Morgan fingerprint density at radius 1 is 0.520 bits per heavy atom. The number of aliphatic hydroxyl groups is 1. The first-order valence-electron chi connectivity index (χ1n) is 35.7. The lowest BCUT2D eigenvalue weighted by Gasteiger charge is -2.41. The van der Waals surface area contributed by atoms with Crippen molar-refractivity contribution in [1.82, 2.24) is 49.4 Å². The standard InChI is InChI=1S/C73H128N10O15/c1-26-28-29-48(13)64(87)63-65(88)74-54(27-2)69(92)76(19)52(17)67(90)81(24)62(51(16)42-97-34-35-98-73(96)83-32-30-75(18)31-33-83)60(86)41-53(46(9)10)68(91)77(20)55(36-43(3)4)59(85)39-49(14)58(84)40-50(15)66(89)78(21)56(37-44(5)6)70(93)79(22)57(38-45(7)8)71(94)80(23)61(47(11)12)72(95)82(63)25/h26,28,43-57,61-64,87H,27,29-42H2,1-25H3,(H,74,88)/b28-26+/t48-,49-,50+,51-,52-,53+,54+,55+,56+,57+,61+,62?,63+,64-/m1/s1. The highest BCUT2D eigenvalue weighted by Crippen LogP contribution is 2.30. The number of ether oxygens (including phenoxy) is 2. The van der Waals surface area contributed by atoms with Gasteiger partial charge in [0.15, 0.2) is 11.6 Å². The zero-order valence-corrected chi connectivity index (χ0v) is 64.4. The van der Waals surface area contributed by atoms with E-state index in [0.717, 1.165) is 9.80 Å². The molecule has 2 fully saturated rings. The number of rotatable bonds is 19. The zero-order valence-electron chi connectivity index (χ0n) is 64.4. The van der Waals surface area contributed by atoms with Crippen molar-refractivity contribution in [3.8, 4) is 0 Å². The summed E-state index contributed by atoms with van der Waals surface area (Å²) < 4.78 is 11.6. The minimum absolute atomic E-state index is 0.0172. The van der Waals surface area contributed by atoms with Crippen molar-refractivity contribution >= 4 is 70.7 Å². The van der Waals surface area contributed by atoms with Crippen LogP contribution in [0.5, 0.6) is 0 Å². The Bertz CT molecular complexity index is 2710. The van der Waals surface area contributed by atoms with Crippen molar-refractivity contribution in [1.29, 1.82) is 0 Å². The molecule has 9 amide bonds. The van der Waals surface area contributed by atoms with Crippen LogP contribution in [0.2, 0.25) is 0 Å². The van der Waals surface area contributed by atoms with Crippen LogP contribution in [0.4, 0.5) is 4.79 Å². The number of nitrogens with one attached hydrogen (secondary N) is 1. The van der Waals surface area contributed by atoms with E-state index in [2.05, 4.69) is 10.2 Å². The molecule has 0 spiro atoms. The molecule has 2 N–H and O–H groups in total.